The molecule has 2 aliphatic rings. The minimum absolute atomic E-state index is 0.159. The van der Waals surface area contributed by atoms with Crippen LogP contribution in [-0.4, -0.2) is 16.6 Å². The van der Waals surface area contributed by atoms with Crippen LogP contribution in [0.1, 0.15) is 27.7 Å². The van der Waals surface area contributed by atoms with Gasteiger partial charge in [0.05, 0.1) is 11.5 Å². The van der Waals surface area contributed by atoms with E-state index in [0.717, 1.165) is 11.5 Å². The van der Waals surface area contributed by atoms with Crippen molar-refractivity contribution in [2.24, 2.45) is 23.7 Å². The molecule has 30 heavy (non-hydrogen) atoms. The van der Waals surface area contributed by atoms with E-state index in [1.807, 2.05) is 0 Å². The van der Waals surface area contributed by atoms with Crippen LogP contribution in [0.25, 0.3) is 0 Å². The molecule has 0 N–H and O–H groups in total. The van der Waals surface area contributed by atoms with Crippen molar-refractivity contribution >= 4 is 16.6 Å². The Bertz CT molecular complexity index is 758. The van der Waals surface area contributed by atoms with E-state index in [4.69, 9.17) is 8.85 Å². The third-order valence-corrected chi connectivity index (χ3v) is 7.29. The van der Waals surface area contributed by atoms with Crippen molar-refractivity contribution in [2.45, 2.75) is 67.0 Å². The van der Waals surface area contributed by atoms with Gasteiger partial charge in [0.15, 0.2) is 0 Å². The first-order valence-corrected chi connectivity index (χ1v) is 17.9. The maximum Gasteiger partial charge on any atom is 0.241 e. The largest absolute Gasteiger partial charge is 0.547 e. The van der Waals surface area contributed by atoms with Gasteiger partial charge in [0.25, 0.3) is 0 Å². The second kappa shape index (κ2) is 8.92. The van der Waals surface area contributed by atoms with Gasteiger partial charge in [-0.1, -0.05) is 48.6 Å². The zero-order valence-electron chi connectivity index (χ0n) is 20.8. The molecule has 4 heteroatoms. The lowest BCUT2D eigenvalue weighted by molar-refractivity contribution is 0.182. The summed E-state index contributed by atoms with van der Waals surface area (Å²) in [6, 6.07) is 0. The highest BCUT2D eigenvalue weighted by Gasteiger charge is 2.45. The molecule has 0 aromatic heterocycles. The summed E-state index contributed by atoms with van der Waals surface area (Å²) in [5.41, 5.74) is 4.78. The van der Waals surface area contributed by atoms with E-state index < -0.39 is 16.6 Å². The van der Waals surface area contributed by atoms with E-state index in [1.165, 1.54) is 22.3 Å². The van der Waals surface area contributed by atoms with Crippen molar-refractivity contribution in [1.29, 1.82) is 0 Å². The van der Waals surface area contributed by atoms with Crippen molar-refractivity contribution in [1.82, 2.24) is 0 Å². The lowest BCUT2D eigenvalue weighted by Crippen LogP contribution is -2.41. The van der Waals surface area contributed by atoms with Gasteiger partial charge in [0.2, 0.25) is 16.6 Å². The monoisotopic (exact) mass is 442 g/mol. The van der Waals surface area contributed by atoms with Gasteiger partial charge < -0.3 is 8.85 Å². The molecule has 166 valence electrons. The van der Waals surface area contributed by atoms with Crippen molar-refractivity contribution in [3.8, 4) is 0 Å². The van der Waals surface area contributed by atoms with Crippen molar-refractivity contribution in [3.05, 3.63) is 71.3 Å². The summed E-state index contributed by atoms with van der Waals surface area (Å²) in [5, 5.41) is 0. The molecule has 0 spiro atoms. The molecule has 0 fully saturated rings. The lowest BCUT2D eigenvalue weighted by atomic mass is 9.65. The fourth-order valence-electron chi connectivity index (χ4n) is 4.42. The predicted octanol–water partition coefficient (Wildman–Crippen LogP) is 7.99. The SMILES string of the molecule is C=C(C)[C@@H]1C=CC(C)=C(O[Si](C)(C)C)[C@H]1[C@@H]1C(O[Si](C)(C)C)=C(C)C=C[C@H]1C(=C)C. The summed E-state index contributed by atoms with van der Waals surface area (Å²) in [4.78, 5) is 0. The van der Waals surface area contributed by atoms with Crippen molar-refractivity contribution in [2.75, 3.05) is 0 Å². The second-order valence-corrected chi connectivity index (χ2v) is 19.9. The zero-order chi connectivity index (χ0) is 23.0. The van der Waals surface area contributed by atoms with Crippen LogP contribution < -0.4 is 0 Å². The molecule has 2 aliphatic carbocycles. The van der Waals surface area contributed by atoms with Gasteiger partial charge in [0, 0.05) is 23.7 Å². The van der Waals surface area contributed by atoms with Crippen molar-refractivity contribution < 1.29 is 8.85 Å². The topological polar surface area (TPSA) is 18.5 Å². The summed E-state index contributed by atoms with van der Waals surface area (Å²) in [6.45, 7) is 30.9. The minimum Gasteiger partial charge on any atom is -0.547 e. The summed E-state index contributed by atoms with van der Waals surface area (Å²) < 4.78 is 13.6. The molecule has 0 saturated heterocycles. The van der Waals surface area contributed by atoms with Gasteiger partial charge in [-0.05, 0) is 78.1 Å². The molecule has 4 atom stereocenters. The molecular formula is C26H42O2Si2. The van der Waals surface area contributed by atoms with Gasteiger partial charge in [-0.25, -0.2) is 0 Å². The van der Waals surface area contributed by atoms with E-state index in [2.05, 4.69) is 104 Å². The number of hydrogen-bond donors (Lipinski definition) is 0. The van der Waals surface area contributed by atoms with Crippen LogP contribution in [0.15, 0.2) is 71.3 Å². The Morgan fingerprint density at radius 3 is 1.23 bits per heavy atom. The van der Waals surface area contributed by atoms with Crippen LogP contribution in [0.3, 0.4) is 0 Å². The van der Waals surface area contributed by atoms with Crippen LogP contribution >= 0.6 is 0 Å². The molecule has 0 bridgehead atoms. The summed E-state index contributed by atoms with van der Waals surface area (Å²) in [6.07, 6.45) is 9.06. The summed E-state index contributed by atoms with van der Waals surface area (Å²) in [7, 11) is -3.60. The third-order valence-electron chi connectivity index (χ3n) is 5.62. The Balaban J connectivity index is 2.73. The van der Waals surface area contributed by atoms with Gasteiger partial charge in [-0.2, -0.15) is 0 Å². The molecule has 0 saturated carbocycles. The first-order chi connectivity index (χ1) is 13.6. The highest BCUT2D eigenvalue weighted by molar-refractivity contribution is 6.70. The number of allylic oxidation sites excluding steroid dienone is 10. The maximum absolute atomic E-state index is 6.78. The molecule has 0 aliphatic heterocycles. The third kappa shape index (κ3) is 5.79. The molecule has 2 rings (SSSR count). The van der Waals surface area contributed by atoms with Crippen LogP contribution in [0.5, 0.6) is 0 Å². The van der Waals surface area contributed by atoms with Crippen LogP contribution in [0.4, 0.5) is 0 Å². The Morgan fingerprint density at radius 2 is 1.00 bits per heavy atom. The average molecular weight is 443 g/mol. The normalized spacial score (nSPS) is 27.4. The second-order valence-electron chi connectivity index (χ2n) is 11.0. The molecule has 0 amide bonds. The minimum atomic E-state index is -1.80. The van der Waals surface area contributed by atoms with Gasteiger partial charge >= 0.3 is 0 Å². The van der Waals surface area contributed by atoms with Gasteiger partial charge in [-0.3, -0.25) is 0 Å². The Labute approximate surface area is 187 Å². The molecular weight excluding hydrogens is 400 g/mol. The maximum atomic E-state index is 6.78. The highest BCUT2D eigenvalue weighted by atomic mass is 28.4. The number of hydrogen-bond acceptors (Lipinski definition) is 2. The molecule has 2 nitrogen and oxygen atoms in total. The highest BCUT2D eigenvalue weighted by Crippen LogP contribution is 2.50. The van der Waals surface area contributed by atoms with E-state index in [9.17, 15) is 0 Å². The number of rotatable bonds is 7. The fraction of sp³-hybridized carbons (Fsp3) is 0.538. The molecule has 0 aromatic carbocycles. The standard InChI is InChI=1S/C26H42O2Si2/c1-17(2)21-15-13-19(5)25(27-29(7,8)9)23(21)24-22(18(3)4)16-14-20(6)26(24)28-30(10,11)12/h13-16,21-24H,1,3H2,2,4-12H3/t21-,22-,23+,24+/m0/s1. The molecule has 0 radical (unpaired) electrons. The summed E-state index contributed by atoms with van der Waals surface area (Å²) in [5.74, 6) is 3.00. The molecule has 0 heterocycles. The fourth-order valence-corrected chi connectivity index (χ4v) is 6.34. The Kier molecular flexibility index (Phi) is 7.35. The first kappa shape index (κ1) is 24.7. The Morgan fingerprint density at radius 1 is 0.700 bits per heavy atom. The van der Waals surface area contributed by atoms with E-state index in [1.54, 1.807) is 0 Å². The van der Waals surface area contributed by atoms with Crippen LogP contribution in [0.2, 0.25) is 39.3 Å². The molecule has 0 aromatic rings. The summed E-state index contributed by atoms with van der Waals surface area (Å²) >= 11 is 0. The Hall–Kier alpha value is -1.53. The smallest absolute Gasteiger partial charge is 0.241 e. The quantitative estimate of drug-likeness (QED) is 0.294. The van der Waals surface area contributed by atoms with E-state index in [-0.39, 0.29) is 23.7 Å². The van der Waals surface area contributed by atoms with Crippen LogP contribution in [-0.2, 0) is 8.85 Å². The van der Waals surface area contributed by atoms with Crippen LogP contribution in [0, 0.1) is 23.7 Å². The van der Waals surface area contributed by atoms with E-state index in [0.29, 0.717) is 0 Å². The van der Waals surface area contributed by atoms with Crippen molar-refractivity contribution in [3.63, 3.8) is 0 Å². The van der Waals surface area contributed by atoms with E-state index >= 15 is 0 Å². The van der Waals surface area contributed by atoms with Gasteiger partial charge in [0.1, 0.15) is 0 Å². The zero-order valence-corrected chi connectivity index (χ0v) is 22.8. The molecule has 0 unspecified atom stereocenters. The first-order valence-electron chi connectivity index (χ1n) is 11.1. The van der Waals surface area contributed by atoms with Gasteiger partial charge in [-0.15, -0.1) is 0 Å². The predicted molar refractivity (Wildman–Crippen MR) is 136 cm³/mol. The lowest BCUT2D eigenvalue weighted by Gasteiger charge is -2.45. The average Bonchev–Trinajstić information content (AvgIpc) is 2.55.